The Labute approximate surface area is 125 Å². The fourth-order valence-electron chi connectivity index (χ4n) is 7.20. The number of aliphatic hydroxyl groups excluding tert-OH is 1. The van der Waals surface area contributed by atoms with Crippen molar-refractivity contribution >= 4 is 0 Å². The molecule has 3 saturated carbocycles. The van der Waals surface area contributed by atoms with E-state index in [9.17, 15) is 5.11 Å². The van der Waals surface area contributed by atoms with Crippen LogP contribution in [0.15, 0.2) is 0 Å². The zero-order chi connectivity index (χ0) is 15.1. The summed E-state index contributed by atoms with van der Waals surface area (Å²) in [6.45, 7) is 16.8. The lowest BCUT2D eigenvalue weighted by Crippen LogP contribution is -2.32. The SMILES string of the molecule is CC(O)CC(C)C1CC2CC13C(C2C(C)(C)C)C3(C)C. The molecule has 0 radical (unpaired) electrons. The van der Waals surface area contributed by atoms with E-state index in [-0.39, 0.29) is 6.10 Å². The smallest absolute Gasteiger partial charge is 0.0514 e. The molecule has 0 aromatic rings. The zero-order valence-electron chi connectivity index (χ0n) is 14.5. The molecule has 0 aromatic carbocycles. The van der Waals surface area contributed by atoms with Gasteiger partial charge in [0.05, 0.1) is 6.10 Å². The molecule has 7 unspecified atom stereocenters. The topological polar surface area (TPSA) is 20.2 Å². The Morgan fingerprint density at radius 3 is 2.30 bits per heavy atom. The van der Waals surface area contributed by atoms with Crippen LogP contribution in [0.4, 0.5) is 0 Å². The molecule has 1 spiro atoms. The Hall–Kier alpha value is -0.0400. The standard InChI is InChI=1S/C19H34O/c1-11(8-12(2)20)14-9-13-10-19(14)16(18(19,6)7)15(13)17(3,4)5/h11-16,20H,8-10H2,1-7H3. The molecule has 116 valence electrons. The van der Waals surface area contributed by atoms with Crippen molar-refractivity contribution in [3.63, 3.8) is 0 Å². The predicted octanol–water partition coefficient (Wildman–Crippen LogP) is 4.74. The van der Waals surface area contributed by atoms with Crippen LogP contribution < -0.4 is 0 Å². The molecular weight excluding hydrogens is 244 g/mol. The summed E-state index contributed by atoms with van der Waals surface area (Å²) in [7, 11) is 0. The molecule has 0 heterocycles. The Morgan fingerprint density at radius 2 is 1.80 bits per heavy atom. The molecule has 0 aromatic heterocycles. The first-order valence-corrected chi connectivity index (χ1v) is 8.71. The van der Waals surface area contributed by atoms with E-state index >= 15 is 0 Å². The summed E-state index contributed by atoms with van der Waals surface area (Å²) >= 11 is 0. The highest BCUT2D eigenvalue weighted by molar-refractivity contribution is 5.31. The van der Waals surface area contributed by atoms with Crippen LogP contribution in [0.5, 0.6) is 0 Å². The van der Waals surface area contributed by atoms with E-state index in [2.05, 4.69) is 41.5 Å². The summed E-state index contributed by atoms with van der Waals surface area (Å²) in [6.07, 6.45) is 3.75. The molecule has 0 aliphatic heterocycles. The lowest BCUT2D eigenvalue weighted by Gasteiger charge is -2.38. The molecule has 3 rings (SSSR count). The number of rotatable bonds is 3. The summed E-state index contributed by atoms with van der Waals surface area (Å²) in [5.74, 6) is 4.36. The van der Waals surface area contributed by atoms with Crippen molar-refractivity contribution < 1.29 is 5.11 Å². The van der Waals surface area contributed by atoms with Gasteiger partial charge in [-0.3, -0.25) is 0 Å². The Balaban J connectivity index is 1.86. The van der Waals surface area contributed by atoms with Crippen LogP contribution in [0.1, 0.15) is 67.7 Å². The van der Waals surface area contributed by atoms with Gasteiger partial charge in [-0.15, -0.1) is 0 Å². The highest BCUT2D eigenvalue weighted by Crippen LogP contribution is 2.89. The molecule has 3 fully saturated rings. The highest BCUT2D eigenvalue weighted by atomic mass is 16.3. The molecule has 2 bridgehead atoms. The van der Waals surface area contributed by atoms with Gasteiger partial charge >= 0.3 is 0 Å². The van der Waals surface area contributed by atoms with Crippen LogP contribution in [0.25, 0.3) is 0 Å². The first-order valence-electron chi connectivity index (χ1n) is 8.71. The van der Waals surface area contributed by atoms with E-state index in [0.29, 0.717) is 22.2 Å². The van der Waals surface area contributed by atoms with Gasteiger partial charge in [0.1, 0.15) is 0 Å². The van der Waals surface area contributed by atoms with E-state index in [1.165, 1.54) is 12.8 Å². The maximum Gasteiger partial charge on any atom is 0.0514 e. The fourth-order valence-corrected chi connectivity index (χ4v) is 7.20. The number of aliphatic hydroxyl groups is 1. The maximum atomic E-state index is 9.76. The van der Waals surface area contributed by atoms with E-state index < -0.39 is 0 Å². The quantitative estimate of drug-likeness (QED) is 0.790. The van der Waals surface area contributed by atoms with Crippen molar-refractivity contribution in [2.75, 3.05) is 0 Å². The van der Waals surface area contributed by atoms with E-state index in [1.807, 2.05) is 6.92 Å². The highest BCUT2D eigenvalue weighted by Gasteiger charge is 2.84. The van der Waals surface area contributed by atoms with Crippen molar-refractivity contribution in [3.8, 4) is 0 Å². The van der Waals surface area contributed by atoms with Crippen molar-refractivity contribution in [1.82, 2.24) is 0 Å². The summed E-state index contributed by atoms with van der Waals surface area (Å²) in [5.41, 5.74) is 1.61. The van der Waals surface area contributed by atoms with Gasteiger partial charge in [0.25, 0.3) is 0 Å². The van der Waals surface area contributed by atoms with Gasteiger partial charge in [-0.2, -0.15) is 0 Å². The summed E-state index contributed by atoms with van der Waals surface area (Å²) in [6, 6.07) is 0. The summed E-state index contributed by atoms with van der Waals surface area (Å²) in [4.78, 5) is 0. The minimum Gasteiger partial charge on any atom is -0.393 e. The van der Waals surface area contributed by atoms with E-state index in [1.54, 1.807) is 0 Å². The largest absolute Gasteiger partial charge is 0.393 e. The van der Waals surface area contributed by atoms with Crippen LogP contribution in [0, 0.1) is 45.8 Å². The van der Waals surface area contributed by atoms with E-state index in [4.69, 9.17) is 0 Å². The monoisotopic (exact) mass is 278 g/mol. The van der Waals surface area contributed by atoms with Crippen molar-refractivity contribution in [1.29, 1.82) is 0 Å². The minimum absolute atomic E-state index is 0.140. The van der Waals surface area contributed by atoms with Crippen LogP contribution in [0.3, 0.4) is 0 Å². The van der Waals surface area contributed by atoms with Crippen LogP contribution in [-0.4, -0.2) is 11.2 Å². The number of hydrogen-bond acceptors (Lipinski definition) is 1. The second-order valence-electron chi connectivity index (χ2n) is 10.00. The third-order valence-corrected chi connectivity index (χ3v) is 7.53. The first kappa shape index (κ1) is 14.9. The molecule has 7 atom stereocenters. The fraction of sp³-hybridized carbons (Fsp3) is 1.00. The van der Waals surface area contributed by atoms with Gasteiger partial charge in [-0.25, -0.2) is 0 Å². The molecule has 0 amide bonds. The summed E-state index contributed by atoms with van der Waals surface area (Å²) < 4.78 is 0. The molecule has 3 aliphatic rings. The van der Waals surface area contributed by atoms with Gasteiger partial charge in [0, 0.05) is 0 Å². The van der Waals surface area contributed by atoms with Gasteiger partial charge in [-0.05, 0) is 72.0 Å². The molecular formula is C19H34O. The van der Waals surface area contributed by atoms with Crippen LogP contribution in [0.2, 0.25) is 0 Å². The average molecular weight is 278 g/mol. The van der Waals surface area contributed by atoms with Crippen LogP contribution in [-0.2, 0) is 0 Å². The molecule has 1 heteroatoms. The first-order chi connectivity index (χ1) is 9.03. The third-order valence-electron chi connectivity index (χ3n) is 7.53. The summed E-state index contributed by atoms with van der Waals surface area (Å²) in [5, 5.41) is 9.76. The van der Waals surface area contributed by atoms with Crippen LogP contribution >= 0.6 is 0 Å². The normalized spacial score (nSPS) is 48.0. The lowest BCUT2D eigenvalue weighted by atomic mass is 9.67. The average Bonchev–Trinajstić information content (AvgIpc) is 2.68. The molecule has 0 saturated heterocycles. The molecule has 3 aliphatic carbocycles. The number of hydrogen-bond donors (Lipinski definition) is 1. The second kappa shape index (κ2) is 4.03. The Morgan fingerprint density at radius 1 is 1.20 bits per heavy atom. The predicted molar refractivity (Wildman–Crippen MR) is 84.3 cm³/mol. The van der Waals surface area contributed by atoms with Gasteiger partial charge in [0.2, 0.25) is 0 Å². The maximum absolute atomic E-state index is 9.76. The Kier molecular flexibility index (Phi) is 3.00. The van der Waals surface area contributed by atoms with Crippen molar-refractivity contribution in [2.24, 2.45) is 45.8 Å². The third kappa shape index (κ3) is 1.65. The lowest BCUT2D eigenvalue weighted by molar-refractivity contribution is 0.0854. The number of fused-ring (bicyclic) bond motifs is 1. The minimum atomic E-state index is -0.140. The Bertz CT molecular complexity index is 402. The second-order valence-corrected chi connectivity index (χ2v) is 10.00. The van der Waals surface area contributed by atoms with Gasteiger partial charge in [-0.1, -0.05) is 41.5 Å². The van der Waals surface area contributed by atoms with E-state index in [0.717, 1.165) is 30.1 Å². The molecule has 1 nitrogen and oxygen atoms in total. The molecule has 20 heavy (non-hydrogen) atoms. The van der Waals surface area contributed by atoms with Crippen molar-refractivity contribution in [3.05, 3.63) is 0 Å². The van der Waals surface area contributed by atoms with Crippen molar-refractivity contribution in [2.45, 2.75) is 73.8 Å². The van der Waals surface area contributed by atoms with Gasteiger partial charge < -0.3 is 5.11 Å². The zero-order valence-corrected chi connectivity index (χ0v) is 14.5. The molecule has 1 N–H and O–H groups in total. The van der Waals surface area contributed by atoms with Gasteiger partial charge in [0.15, 0.2) is 0 Å².